The van der Waals surface area contributed by atoms with Crippen LogP contribution in [-0.2, 0) is 27.9 Å². The van der Waals surface area contributed by atoms with Crippen molar-refractivity contribution in [2.24, 2.45) is 0 Å². The molecule has 0 bridgehead atoms. The Kier molecular flexibility index (Phi) is 60.6. The van der Waals surface area contributed by atoms with E-state index in [1.54, 1.807) is 0 Å². The van der Waals surface area contributed by atoms with Crippen molar-refractivity contribution in [2.75, 3.05) is 40.9 Å². The summed E-state index contributed by atoms with van der Waals surface area (Å²) in [6, 6.07) is -0.854. The summed E-state index contributed by atoms with van der Waals surface area (Å²) < 4.78 is 30.8. The lowest BCUT2D eigenvalue weighted by Crippen LogP contribution is -2.47. The molecular formula is C73H136N2O7P+. The molecule has 0 aromatic rings. The first-order chi connectivity index (χ1) is 40.4. The summed E-state index contributed by atoms with van der Waals surface area (Å²) in [7, 11) is 1.49. The third-order valence-corrected chi connectivity index (χ3v) is 16.6. The summed E-state index contributed by atoms with van der Waals surface area (Å²) in [5.41, 5.74) is 0. The Hall–Kier alpha value is -2.55. The van der Waals surface area contributed by atoms with Crippen molar-refractivity contribution >= 4 is 19.7 Å². The van der Waals surface area contributed by atoms with E-state index in [0.29, 0.717) is 17.4 Å². The minimum Gasteiger partial charge on any atom is -0.456 e. The van der Waals surface area contributed by atoms with Gasteiger partial charge in [0.2, 0.25) is 5.91 Å². The molecule has 2 N–H and O–H groups in total. The maximum atomic E-state index is 13.6. The topological polar surface area (TPSA) is 111 Å². The predicted octanol–water partition coefficient (Wildman–Crippen LogP) is 22.3. The molecule has 10 heteroatoms. The van der Waals surface area contributed by atoms with E-state index in [0.717, 1.165) is 89.9 Å². The van der Waals surface area contributed by atoms with Crippen LogP contribution in [0.4, 0.5) is 0 Å². The molecule has 3 atom stereocenters. The quantitative estimate of drug-likeness (QED) is 0.0205. The van der Waals surface area contributed by atoms with E-state index in [1.165, 1.54) is 205 Å². The molecule has 0 saturated carbocycles. The number of rotatable bonds is 64. The maximum Gasteiger partial charge on any atom is 0.472 e. The first kappa shape index (κ1) is 80.5. The number of allylic oxidation sites excluding steroid dienone is 11. The van der Waals surface area contributed by atoms with Gasteiger partial charge >= 0.3 is 13.8 Å². The Bertz CT molecular complexity index is 1650. The molecule has 3 unspecified atom stereocenters. The fraction of sp³-hybridized carbons (Fsp3) is 0.808. The first-order valence-corrected chi connectivity index (χ1v) is 36.8. The highest BCUT2D eigenvalue weighted by molar-refractivity contribution is 7.47. The first-order valence-electron chi connectivity index (χ1n) is 35.3. The van der Waals surface area contributed by atoms with Crippen LogP contribution in [0.2, 0.25) is 0 Å². The minimum absolute atomic E-state index is 0.0375. The summed E-state index contributed by atoms with van der Waals surface area (Å²) >= 11 is 0. The highest BCUT2D eigenvalue weighted by atomic mass is 31.2. The Balaban J connectivity index is 5.05. The van der Waals surface area contributed by atoms with Crippen molar-refractivity contribution in [1.29, 1.82) is 0 Å². The second kappa shape index (κ2) is 62.5. The van der Waals surface area contributed by atoms with Crippen molar-refractivity contribution in [3.63, 3.8) is 0 Å². The number of phosphoric ester groups is 1. The van der Waals surface area contributed by atoms with Gasteiger partial charge in [-0.2, -0.15) is 0 Å². The van der Waals surface area contributed by atoms with Gasteiger partial charge in [0.15, 0.2) is 0 Å². The average molecular weight is 1180 g/mol. The lowest BCUT2D eigenvalue weighted by atomic mass is 10.0. The van der Waals surface area contributed by atoms with Crippen molar-refractivity contribution in [1.82, 2.24) is 5.32 Å². The molecule has 0 fully saturated rings. The summed E-state index contributed by atoms with van der Waals surface area (Å²) in [5, 5.41) is 3.07. The molecule has 83 heavy (non-hydrogen) atoms. The fourth-order valence-corrected chi connectivity index (χ4v) is 10.9. The maximum absolute atomic E-state index is 13.6. The van der Waals surface area contributed by atoms with Gasteiger partial charge in [0.05, 0.1) is 33.8 Å². The van der Waals surface area contributed by atoms with Crippen LogP contribution in [0.5, 0.6) is 0 Å². The van der Waals surface area contributed by atoms with Gasteiger partial charge in [0, 0.05) is 12.8 Å². The Morgan fingerprint density at radius 1 is 0.422 bits per heavy atom. The number of unbranched alkanes of at least 4 members (excludes halogenated alkanes) is 38. The summed E-state index contributed by atoms with van der Waals surface area (Å²) in [6.07, 6.45) is 81.9. The molecule has 0 aromatic heterocycles. The lowest BCUT2D eigenvalue weighted by Gasteiger charge is -2.27. The molecule has 0 saturated heterocycles. The van der Waals surface area contributed by atoms with Crippen molar-refractivity contribution in [2.45, 2.75) is 341 Å². The number of nitrogens with one attached hydrogen (secondary N) is 1. The van der Waals surface area contributed by atoms with E-state index in [9.17, 15) is 19.0 Å². The smallest absolute Gasteiger partial charge is 0.456 e. The zero-order chi connectivity index (χ0) is 60.7. The number of nitrogens with zero attached hydrogens (tertiary/aromatic N) is 1. The summed E-state index contributed by atoms with van der Waals surface area (Å²) in [4.78, 5) is 37.9. The second-order valence-corrected chi connectivity index (χ2v) is 26.5. The van der Waals surface area contributed by atoms with Gasteiger partial charge in [-0.1, -0.05) is 287 Å². The Morgan fingerprint density at radius 2 is 0.735 bits per heavy atom. The van der Waals surface area contributed by atoms with Crippen LogP contribution in [0.25, 0.3) is 0 Å². The van der Waals surface area contributed by atoms with E-state index in [-0.39, 0.29) is 31.5 Å². The Labute approximate surface area is 514 Å². The van der Waals surface area contributed by atoms with Crippen molar-refractivity contribution in [3.05, 3.63) is 72.9 Å². The van der Waals surface area contributed by atoms with Crippen molar-refractivity contribution < 1.29 is 37.3 Å². The zero-order valence-corrected chi connectivity index (χ0v) is 56.3. The molecule has 9 nitrogen and oxygen atoms in total. The number of hydrogen-bond acceptors (Lipinski definition) is 6. The molecule has 1 amide bonds. The van der Waals surface area contributed by atoms with Crippen LogP contribution in [0.1, 0.15) is 329 Å². The van der Waals surface area contributed by atoms with E-state index >= 15 is 0 Å². The number of amides is 1. The molecule has 0 heterocycles. The number of likely N-dealkylation sites (N-methyl/N-ethyl adjacent to an activating group) is 1. The van der Waals surface area contributed by atoms with Crippen LogP contribution in [0, 0.1) is 0 Å². The van der Waals surface area contributed by atoms with E-state index in [1.807, 2.05) is 33.3 Å². The average Bonchev–Trinajstić information content (AvgIpc) is 3.51. The van der Waals surface area contributed by atoms with Gasteiger partial charge in [-0.3, -0.25) is 18.6 Å². The molecule has 0 radical (unpaired) electrons. The van der Waals surface area contributed by atoms with Crippen LogP contribution in [0.3, 0.4) is 0 Å². The largest absolute Gasteiger partial charge is 0.472 e. The lowest BCUT2D eigenvalue weighted by molar-refractivity contribution is -0.870. The number of ether oxygens (including phenoxy) is 1. The number of phosphoric acid groups is 1. The van der Waals surface area contributed by atoms with E-state index in [4.69, 9.17) is 13.8 Å². The molecule has 0 aliphatic carbocycles. The third kappa shape index (κ3) is 63.8. The number of carbonyl (C=O) groups excluding carboxylic acids is 2. The molecule has 0 aliphatic heterocycles. The Morgan fingerprint density at radius 3 is 1.13 bits per heavy atom. The van der Waals surface area contributed by atoms with Gasteiger partial charge in [-0.05, 0) is 102 Å². The van der Waals surface area contributed by atoms with Crippen LogP contribution < -0.4 is 5.32 Å². The number of carbonyl (C=O) groups is 2. The predicted molar refractivity (Wildman–Crippen MR) is 360 cm³/mol. The van der Waals surface area contributed by atoms with Crippen LogP contribution in [0.15, 0.2) is 72.9 Å². The van der Waals surface area contributed by atoms with Crippen molar-refractivity contribution in [3.8, 4) is 0 Å². The number of hydrogen-bond donors (Lipinski definition) is 2. The molecule has 0 rings (SSSR count). The molecule has 484 valence electrons. The normalized spacial score (nSPS) is 14.0. The van der Waals surface area contributed by atoms with E-state index in [2.05, 4.69) is 86.8 Å². The SMILES string of the molecule is CCCCC/C=C\C/C=C\C/C=C\C/C=C\CCCCCCCCCCCC(=O)NC(COP(=O)(O)OCC[N+](C)(C)C)C(/C=C\CCCCCCCCCCC)OC(=O)CCCCCCCCCCCCC/C=C/CCCCCCCC. The standard InChI is InChI=1S/C73H135N2O7P/c1-7-10-13-16-19-22-25-27-29-31-33-35-36-37-38-40-41-43-45-47-50-53-56-59-62-65-72(76)74-70(69-81-83(78,79)80-68-67-75(4,5)6)71(64-61-58-55-52-49-24-21-18-15-12-9-3)82-73(77)66-63-60-57-54-51-48-46-44-42-39-34-32-30-28-26-23-20-17-14-11-8-2/h19,22,27-30,33,35,37-38,61,64,70-71H,7-18,20-21,23-26,31-32,34,36,39-60,62-63,65-69H2,1-6H3,(H-,74,76,78,79)/p+1/b22-19-,29-27-,30-28+,35-33-,38-37-,64-61-. The molecule has 0 aliphatic rings. The molecule has 0 aromatic carbocycles. The highest BCUT2D eigenvalue weighted by Gasteiger charge is 2.30. The van der Waals surface area contributed by atoms with Gasteiger partial charge in [-0.15, -0.1) is 0 Å². The summed E-state index contributed by atoms with van der Waals surface area (Å²) in [5.74, 6) is -0.505. The second-order valence-electron chi connectivity index (χ2n) is 25.0. The van der Waals surface area contributed by atoms with Gasteiger partial charge in [-0.25, -0.2) is 4.57 Å². The van der Waals surface area contributed by atoms with Gasteiger partial charge in [0.1, 0.15) is 19.3 Å². The number of quaternary nitrogens is 1. The van der Waals surface area contributed by atoms with Gasteiger partial charge < -0.3 is 19.4 Å². The third-order valence-electron chi connectivity index (χ3n) is 15.6. The van der Waals surface area contributed by atoms with Crippen LogP contribution in [-0.4, -0.2) is 74.3 Å². The molecular weight excluding hydrogens is 1050 g/mol. The van der Waals surface area contributed by atoms with E-state index < -0.39 is 20.0 Å². The zero-order valence-electron chi connectivity index (χ0n) is 55.4. The fourth-order valence-electron chi connectivity index (χ4n) is 10.2. The molecule has 0 spiro atoms. The number of esters is 1. The monoisotopic (exact) mass is 1180 g/mol. The van der Waals surface area contributed by atoms with Crippen LogP contribution >= 0.6 is 7.82 Å². The minimum atomic E-state index is -4.46. The van der Waals surface area contributed by atoms with Gasteiger partial charge in [0.25, 0.3) is 0 Å². The summed E-state index contributed by atoms with van der Waals surface area (Å²) in [6.45, 7) is 7.00. The highest BCUT2D eigenvalue weighted by Crippen LogP contribution is 2.43.